The van der Waals surface area contributed by atoms with Crippen LogP contribution in [0.2, 0.25) is 0 Å². The Bertz CT molecular complexity index is 240. The number of nitrogens with two attached hydrogens (primary N) is 1. The minimum Gasteiger partial charge on any atom is -0.379 e. The molecule has 0 aromatic heterocycles. The summed E-state index contributed by atoms with van der Waals surface area (Å²) in [6, 6.07) is 0. The van der Waals surface area contributed by atoms with E-state index in [0.29, 0.717) is 26.2 Å². The Hall–Kier alpha value is -0.650. The van der Waals surface area contributed by atoms with Gasteiger partial charge < -0.3 is 20.7 Å². The Morgan fingerprint density at radius 3 is 2.76 bits per heavy atom. The van der Waals surface area contributed by atoms with Crippen LogP contribution in [0, 0.1) is 0 Å². The smallest absolute Gasteiger partial charge is 0.242 e. The fourth-order valence-corrected chi connectivity index (χ4v) is 2.01. The van der Waals surface area contributed by atoms with Crippen molar-refractivity contribution < 1.29 is 9.53 Å². The molecule has 0 radical (unpaired) electrons. The molecule has 0 aliphatic carbocycles. The van der Waals surface area contributed by atoms with Crippen LogP contribution in [0.25, 0.3) is 0 Å². The maximum atomic E-state index is 11.9. The van der Waals surface area contributed by atoms with E-state index in [-0.39, 0.29) is 5.91 Å². The Morgan fingerprint density at radius 2 is 2.24 bits per heavy atom. The third-order valence-electron chi connectivity index (χ3n) is 3.20. The molecular formula is C12H25N3O2. The molecule has 0 spiro atoms. The SMILES string of the molecule is CCCN(CC)CCNC(=O)C1(N)CCOC1. The summed E-state index contributed by atoms with van der Waals surface area (Å²) in [6.45, 7) is 8.84. The monoisotopic (exact) mass is 243 g/mol. The van der Waals surface area contributed by atoms with Crippen LogP contribution >= 0.6 is 0 Å². The van der Waals surface area contributed by atoms with E-state index in [1.807, 2.05) is 0 Å². The minimum atomic E-state index is -0.804. The average molecular weight is 243 g/mol. The molecule has 1 fully saturated rings. The molecule has 3 N–H and O–H groups in total. The van der Waals surface area contributed by atoms with E-state index in [0.717, 1.165) is 26.1 Å². The lowest BCUT2D eigenvalue weighted by atomic mass is 9.99. The van der Waals surface area contributed by atoms with Gasteiger partial charge in [-0.2, -0.15) is 0 Å². The van der Waals surface area contributed by atoms with Crippen LogP contribution in [0.5, 0.6) is 0 Å². The van der Waals surface area contributed by atoms with Gasteiger partial charge in [-0.05, 0) is 25.9 Å². The van der Waals surface area contributed by atoms with E-state index in [1.54, 1.807) is 0 Å². The third-order valence-corrected chi connectivity index (χ3v) is 3.20. The first kappa shape index (κ1) is 14.4. The van der Waals surface area contributed by atoms with Gasteiger partial charge in [0.25, 0.3) is 0 Å². The number of ether oxygens (including phenoxy) is 1. The topological polar surface area (TPSA) is 67.6 Å². The maximum Gasteiger partial charge on any atom is 0.242 e. The molecule has 1 heterocycles. The molecule has 1 unspecified atom stereocenters. The largest absolute Gasteiger partial charge is 0.379 e. The second kappa shape index (κ2) is 6.93. The zero-order valence-electron chi connectivity index (χ0n) is 11.0. The van der Waals surface area contributed by atoms with Crippen molar-refractivity contribution in [2.75, 3.05) is 39.4 Å². The number of likely N-dealkylation sites (N-methyl/N-ethyl adjacent to an activating group) is 1. The zero-order chi connectivity index (χ0) is 12.7. The zero-order valence-corrected chi connectivity index (χ0v) is 11.0. The number of carbonyl (C=O) groups is 1. The summed E-state index contributed by atoms with van der Waals surface area (Å²) >= 11 is 0. The van der Waals surface area contributed by atoms with Crippen molar-refractivity contribution in [1.29, 1.82) is 0 Å². The summed E-state index contributed by atoms with van der Waals surface area (Å²) in [5.41, 5.74) is 5.16. The highest BCUT2D eigenvalue weighted by atomic mass is 16.5. The van der Waals surface area contributed by atoms with Crippen LogP contribution in [0.4, 0.5) is 0 Å². The normalized spacial score (nSPS) is 24.2. The van der Waals surface area contributed by atoms with Gasteiger partial charge in [0.05, 0.1) is 6.61 Å². The molecule has 0 aromatic carbocycles. The number of carbonyl (C=O) groups excluding carboxylic acids is 1. The van der Waals surface area contributed by atoms with Gasteiger partial charge in [-0.1, -0.05) is 13.8 Å². The Balaban J connectivity index is 2.23. The second-order valence-corrected chi connectivity index (χ2v) is 4.65. The summed E-state index contributed by atoms with van der Waals surface area (Å²) < 4.78 is 5.17. The number of nitrogens with zero attached hydrogens (tertiary/aromatic N) is 1. The van der Waals surface area contributed by atoms with Gasteiger partial charge in [0.15, 0.2) is 0 Å². The predicted molar refractivity (Wildman–Crippen MR) is 67.8 cm³/mol. The summed E-state index contributed by atoms with van der Waals surface area (Å²) in [5, 5.41) is 2.90. The lowest BCUT2D eigenvalue weighted by Gasteiger charge is -2.23. The van der Waals surface area contributed by atoms with Crippen molar-refractivity contribution in [2.24, 2.45) is 5.73 Å². The van der Waals surface area contributed by atoms with E-state index in [4.69, 9.17) is 10.5 Å². The van der Waals surface area contributed by atoms with Gasteiger partial charge in [0, 0.05) is 19.7 Å². The molecule has 0 saturated carbocycles. The number of amides is 1. The van der Waals surface area contributed by atoms with Gasteiger partial charge in [-0.15, -0.1) is 0 Å². The lowest BCUT2D eigenvalue weighted by Crippen LogP contribution is -2.55. The van der Waals surface area contributed by atoms with E-state index >= 15 is 0 Å². The maximum absolute atomic E-state index is 11.9. The molecule has 0 aromatic rings. The predicted octanol–water partition coefficient (Wildman–Crippen LogP) is -0.0477. The fraction of sp³-hybridized carbons (Fsp3) is 0.917. The van der Waals surface area contributed by atoms with E-state index in [9.17, 15) is 4.79 Å². The molecule has 1 amide bonds. The second-order valence-electron chi connectivity index (χ2n) is 4.65. The lowest BCUT2D eigenvalue weighted by molar-refractivity contribution is -0.126. The molecule has 1 aliphatic rings. The molecular weight excluding hydrogens is 218 g/mol. The molecule has 5 heteroatoms. The highest BCUT2D eigenvalue weighted by Crippen LogP contribution is 2.15. The van der Waals surface area contributed by atoms with E-state index < -0.39 is 5.54 Å². The van der Waals surface area contributed by atoms with Crippen LogP contribution < -0.4 is 11.1 Å². The first-order valence-electron chi connectivity index (χ1n) is 6.49. The highest BCUT2D eigenvalue weighted by Gasteiger charge is 2.37. The van der Waals surface area contributed by atoms with E-state index in [1.165, 1.54) is 0 Å². The van der Waals surface area contributed by atoms with Gasteiger partial charge >= 0.3 is 0 Å². The van der Waals surface area contributed by atoms with E-state index in [2.05, 4.69) is 24.1 Å². The number of hydrogen-bond donors (Lipinski definition) is 2. The van der Waals surface area contributed by atoms with Gasteiger partial charge in [-0.3, -0.25) is 4.79 Å². The summed E-state index contributed by atoms with van der Waals surface area (Å²) in [6.07, 6.45) is 1.75. The first-order valence-corrected chi connectivity index (χ1v) is 6.49. The molecule has 100 valence electrons. The van der Waals surface area contributed by atoms with Crippen LogP contribution in [0.3, 0.4) is 0 Å². The molecule has 1 aliphatic heterocycles. The van der Waals surface area contributed by atoms with Crippen molar-refractivity contribution in [3.8, 4) is 0 Å². The summed E-state index contributed by atoms with van der Waals surface area (Å²) in [4.78, 5) is 14.2. The van der Waals surface area contributed by atoms with Gasteiger partial charge in [0.1, 0.15) is 5.54 Å². The quantitative estimate of drug-likeness (QED) is 0.658. The number of rotatable bonds is 7. The van der Waals surface area contributed by atoms with Crippen LogP contribution in [-0.4, -0.2) is 55.7 Å². The standard InChI is InChI=1S/C12H25N3O2/c1-3-7-15(4-2)8-6-14-11(16)12(13)5-9-17-10-12/h3-10,13H2,1-2H3,(H,14,16). The highest BCUT2D eigenvalue weighted by molar-refractivity contribution is 5.86. The molecule has 5 nitrogen and oxygen atoms in total. The van der Waals surface area contributed by atoms with Crippen molar-refractivity contribution >= 4 is 5.91 Å². The van der Waals surface area contributed by atoms with Gasteiger partial charge in [-0.25, -0.2) is 0 Å². The van der Waals surface area contributed by atoms with Crippen molar-refractivity contribution in [3.05, 3.63) is 0 Å². The summed E-state index contributed by atoms with van der Waals surface area (Å²) in [7, 11) is 0. The Kier molecular flexibility index (Phi) is 5.88. The molecule has 17 heavy (non-hydrogen) atoms. The Labute approximate surface area is 104 Å². The molecule has 1 atom stereocenters. The van der Waals surface area contributed by atoms with Crippen molar-refractivity contribution in [1.82, 2.24) is 10.2 Å². The molecule has 1 saturated heterocycles. The fourth-order valence-electron chi connectivity index (χ4n) is 2.01. The molecule has 0 bridgehead atoms. The average Bonchev–Trinajstić information content (AvgIpc) is 2.76. The minimum absolute atomic E-state index is 0.0810. The number of hydrogen-bond acceptors (Lipinski definition) is 4. The van der Waals surface area contributed by atoms with Crippen LogP contribution in [-0.2, 0) is 9.53 Å². The Morgan fingerprint density at radius 1 is 1.47 bits per heavy atom. The first-order chi connectivity index (χ1) is 8.12. The number of nitrogens with one attached hydrogen (secondary N) is 1. The molecule has 1 rings (SSSR count). The van der Waals surface area contributed by atoms with Gasteiger partial charge in [0.2, 0.25) is 5.91 Å². The van der Waals surface area contributed by atoms with Crippen molar-refractivity contribution in [2.45, 2.75) is 32.2 Å². The summed E-state index contributed by atoms with van der Waals surface area (Å²) in [5.74, 6) is -0.0810. The van der Waals surface area contributed by atoms with Crippen molar-refractivity contribution in [3.63, 3.8) is 0 Å². The van der Waals surface area contributed by atoms with Crippen LogP contribution in [0.15, 0.2) is 0 Å². The third kappa shape index (κ3) is 4.26. The van der Waals surface area contributed by atoms with Crippen LogP contribution in [0.1, 0.15) is 26.7 Å².